The van der Waals surface area contributed by atoms with Gasteiger partial charge in [0, 0.05) is 38.0 Å². The Bertz CT molecular complexity index is 625. The predicted molar refractivity (Wildman–Crippen MR) is 80.6 cm³/mol. The number of nitrogens with zero attached hydrogens (tertiary/aromatic N) is 3. The van der Waals surface area contributed by atoms with E-state index in [-0.39, 0.29) is 17.5 Å². The number of benzene rings is 1. The van der Waals surface area contributed by atoms with Crippen LogP contribution < -0.4 is 5.32 Å². The smallest absolute Gasteiger partial charge is 0.271 e. The van der Waals surface area contributed by atoms with Crippen LogP contribution in [0.5, 0.6) is 0 Å². The summed E-state index contributed by atoms with van der Waals surface area (Å²) in [5.74, 6) is -0.535. The fourth-order valence-electron chi connectivity index (χ4n) is 2.50. The molecule has 116 valence electrons. The number of anilines is 1. The molecule has 8 heteroatoms. The lowest BCUT2D eigenvalue weighted by atomic mass is 10.1. The standard InChI is InChI=1S/C14H16N4O4/c19-14-10(9-17-3-5-22-6-4-17)8-15-13-7-11(18(20)21)1-2-12(13)16-14/h1-2,7-8,10H,3-6,9H2,(H,16,19). The van der Waals surface area contributed by atoms with Crippen molar-refractivity contribution in [2.24, 2.45) is 10.9 Å². The van der Waals surface area contributed by atoms with Gasteiger partial charge in [0.15, 0.2) is 0 Å². The van der Waals surface area contributed by atoms with Crippen LogP contribution in [0.15, 0.2) is 23.2 Å². The van der Waals surface area contributed by atoms with Crippen molar-refractivity contribution in [1.29, 1.82) is 0 Å². The highest BCUT2D eigenvalue weighted by molar-refractivity contribution is 6.06. The molecule has 1 unspecified atom stereocenters. The van der Waals surface area contributed by atoms with Crippen LogP contribution in [0.2, 0.25) is 0 Å². The van der Waals surface area contributed by atoms with Gasteiger partial charge in [-0.3, -0.25) is 24.8 Å². The molecule has 0 radical (unpaired) electrons. The molecule has 1 fully saturated rings. The van der Waals surface area contributed by atoms with E-state index in [1.807, 2.05) is 0 Å². The molecule has 22 heavy (non-hydrogen) atoms. The van der Waals surface area contributed by atoms with Crippen LogP contribution in [0, 0.1) is 16.0 Å². The second kappa shape index (κ2) is 6.20. The normalized spacial score (nSPS) is 21.8. The first-order chi connectivity index (χ1) is 10.6. The number of aliphatic imine (C=N–C) groups is 1. The maximum atomic E-state index is 12.3. The van der Waals surface area contributed by atoms with Gasteiger partial charge in [0.2, 0.25) is 5.91 Å². The number of hydrogen-bond donors (Lipinski definition) is 1. The van der Waals surface area contributed by atoms with E-state index in [1.54, 1.807) is 6.21 Å². The SMILES string of the molecule is O=C1Nc2ccc([N+](=O)[O-])cc2N=CC1CN1CCOCC1. The number of ether oxygens (including phenoxy) is 1. The van der Waals surface area contributed by atoms with Crippen LogP contribution in [-0.2, 0) is 9.53 Å². The van der Waals surface area contributed by atoms with Crippen molar-refractivity contribution in [3.63, 3.8) is 0 Å². The summed E-state index contributed by atoms with van der Waals surface area (Å²) in [6, 6.07) is 4.24. The molecule has 0 spiro atoms. The number of nitro benzene ring substituents is 1. The maximum Gasteiger partial charge on any atom is 0.271 e. The Morgan fingerprint density at radius 2 is 2.18 bits per heavy atom. The molecule has 1 aromatic rings. The van der Waals surface area contributed by atoms with E-state index < -0.39 is 4.92 Å². The lowest BCUT2D eigenvalue weighted by Crippen LogP contribution is -2.42. The van der Waals surface area contributed by atoms with Crippen molar-refractivity contribution in [3.05, 3.63) is 28.3 Å². The van der Waals surface area contributed by atoms with Crippen molar-refractivity contribution < 1.29 is 14.5 Å². The van der Waals surface area contributed by atoms with Crippen molar-refractivity contribution >= 4 is 29.2 Å². The Morgan fingerprint density at radius 1 is 1.41 bits per heavy atom. The van der Waals surface area contributed by atoms with Crippen LogP contribution in [0.4, 0.5) is 17.1 Å². The van der Waals surface area contributed by atoms with E-state index >= 15 is 0 Å². The Kier molecular flexibility index (Phi) is 4.12. The monoisotopic (exact) mass is 304 g/mol. The third-order valence-electron chi connectivity index (χ3n) is 3.74. The second-order valence-corrected chi connectivity index (χ2v) is 5.25. The summed E-state index contributed by atoms with van der Waals surface area (Å²) in [4.78, 5) is 29.0. The summed E-state index contributed by atoms with van der Waals surface area (Å²) in [5.41, 5.74) is 0.861. The molecule has 0 saturated carbocycles. The number of nitro groups is 1. The van der Waals surface area contributed by atoms with Gasteiger partial charge in [0.25, 0.3) is 5.69 Å². The zero-order chi connectivity index (χ0) is 15.5. The van der Waals surface area contributed by atoms with Crippen molar-refractivity contribution in [1.82, 2.24) is 4.90 Å². The number of non-ortho nitro benzene ring substituents is 1. The van der Waals surface area contributed by atoms with Gasteiger partial charge in [-0.05, 0) is 6.07 Å². The molecule has 1 atom stereocenters. The zero-order valence-electron chi connectivity index (χ0n) is 11.9. The Hall–Kier alpha value is -2.32. The number of amides is 1. The average molecular weight is 304 g/mol. The molecule has 8 nitrogen and oxygen atoms in total. The van der Waals surface area contributed by atoms with E-state index in [0.29, 0.717) is 31.1 Å². The lowest BCUT2D eigenvalue weighted by molar-refractivity contribution is -0.384. The Balaban J connectivity index is 1.78. The molecular formula is C14H16N4O4. The average Bonchev–Trinajstić information content (AvgIpc) is 2.67. The quantitative estimate of drug-likeness (QED) is 0.668. The molecular weight excluding hydrogens is 288 g/mol. The molecule has 0 bridgehead atoms. The van der Waals surface area contributed by atoms with Gasteiger partial charge in [0.1, 0.15) is 0 Å². The molecule has 1 amide bonds. The van der Waals surface area contributed by atoms with Crippen molar-refractivity contribution in [2.75, 3.05) is 38.2 Å². The Morgan fingerprint density at radius 3 is 2.91 bits per heavy atom. The molecule has 2 aliphatic rings. The number of hydrogen-bond acceptors (Lipinski definition) is 6. The summed E-state index contributed by atoms with van der Waals surface area (Å²) >= 11 is 0. The van der Waals surface area contributed by atoms with Crippen LogP contribution in [0.1, 0.15) is 0 Å². The van der Waals surface area contributed by atoms with Crippen LogP contribution in [-0.4, -0.2) is 54.8 Å². The first-order valence-electron chi connectivity index (χ1n) is 7.07. The highest BCUT2D eigenvalue weighted by atomic mass is 16.6. The van der Waals surface area contributed by atoms with Gasteiger partial charge < -0.3 is 10.1 Å². The third-order valence-corrected chi connectivity index (χ3v) is 3.74. The van der Waals surface area contributed by atoms with E-state index in [9.17, 15) is 14.9 Å². The van der Waals surface area contributed by atoms with Gasteiger partial charge in [-0.2, -0.15) is 0 Å². The van der Waals surface area contributed by atoms with E-state index in [0.717, 1.165) is 13.1 Å². The summed E-state index contributed by atoms with van der Waals surface area (Å²) in [7, 11) is 0. The minimum absolute atomic E-state index is 0.0446. The van der Waals surface area contributed by atoms with Crippen LogP contribution in [0.3, 0.4) is 0 Å². The predicted octanol–water partition coefficient (Wildman–Crippen LogP) is 1.20. The first kappa shape index (κ1) is 14.6. The fourth-order valence-corrected chi connectivity index (χ4v) is 2.50. The molecule has 2 aliphatic heterocycles. The molecule has 3 rings (SSSR count). The van der Waals surface area contributed by atoms with E-state index in [4.69, 9.17) is 4.74 Å². The molecule has 0 aromatic heterocycles. The summed E-state index contributed by atoms with van der Waals surface area (Å²) in [6.07, 6.45) is 1.57. The topological polar surface area (TPSA) is 97.1 Å². The summed E-state index contributed by atoms with van der Waals surface area (Å²) in [6.45, 7) is 3.47. The maximum absolute atomic E-state index is 12.3. The number of carbonyl (C=O) groups excluding carboxylic acids is 1. The van der Waals surface area contributed by atoms with Gasteiger partial charge in [-0.1, -0.05) is 0 Å². The van der Waals surface area contributed by atoms with E-state index in [1.165, 1.54) is 18.2 Å². The third kappa shape index (κ3) is 3.12. The second-order valence-electron chi connectivity index (χ2n) is 5.25. The molecule has 1 saturated heterocycles. The summed E-state index contributed by atoms with van der Waals surface area (Å²) < 4.78 is 5.29. The zero-order valence-corrected chi connectivity index (χ0v) is 11.9. The van der Waals surface area contributed by atoms with Gasteiger partial charge in [0.05, 0.1) is 35.4 Å². The van der Waals surface area contributed by atoms with Crippen LogP contribution in [0.25, 0.3) is 0 Å². The van der Waals surface area contributed by atoms with Gasteiger partial charge in [-0.25, -0.2) is 0 Å². The van der Waals surface area contributed by atoms with Crippen LogP contribution >= 0.6 is 0 Å². The van der Waals surface area contributed by atoms with Crippen molar-refractivity contribution in [3.8, 4) is 0 Å². The van der Waals surface area contributed by atoms with Gasteiger partial charge >= 0.3 is 0 Å². The fraction of sp³-hybridized carbons (Fsp3) is 0.429. The summed E-state index contributed by atoms with van der Waals surface area (Å²) in [5, 5.41) is 13.6. The lowest BCUT2D eigenvalue weighted by Gasteiger charge is -2.28. The molecule has 1 aromatic carbocycles. The number of carbonyl (C=O) groups is 1. The number of nitrogens with one attached hydrogen (secondary N) is 1. The van der Waals surface area contributed by atoms with Crippen molar-refractivity contribution in [2.45, 2.75) is 0 Å². The minimum Gasteiger partial charge on any atom is -0.379 e. The first-order valence-corrected chi connectivity index (χ1v) is 7.07. The highest BCUT2D eigenvalue weighted by Crippen LogP contribution is 2.31. The minimum atomic E-state index is -0.478. The number of fused-ring (bicyclic) bond motifs is 1. The largest absolute Gasteiger partial charge is 0.379 e. The Labute approximate surface area is 126 Å². The highest BCUT2D eigenvalue weighted by Gasteiger charge is 2.25. The molecule has 2 heterocycles. The molecule has 0 aliphatic carbocycles. The number of morpholine rings is 1. The number of rotatable bonds is 3. The van der Waals surface area contributed by atoms with E-state index in [2.05, 4.69) is 15.2 Å². The molecule has 1 N–H and O–H groups in total. The van der Waals surface area contributed by atoms with Gasteiger partial charge in [-0.15, -0.1) is 0 Å².